The quantitative estimate of drug-likeness (QED) is 0.628. The van der Waals surface area contributed by atoms with Crippen LogP contribution in [0.15, 0.2) is 28.7 Å². The maximum Gasteiger partial charge on any atom is 0.416 e. The summed E-state index contributed by atoms with van der Waals surface area (Å²) in [5, 5.41) is 2.37. The molecular formula is C12H5BrCl2F3NOS. The Balaban J connectivity index is 2.31. The van der Waals surface area contributed by atoms with Gasteiger partial charge in [0.25, 0.3) is 5.91 Å². The van der Waals surface area contributed by atoms with E-state index in [0.717, 1.165) is 23.5 Å². The van der Waals surface area contributed by atoms with Crippen molar-refractivity contribution in [2.45, 2.75) is 6.18 Å². The first kappa shape index (κ1) is 16.6. The number of amides is 1. The summed E-state index contributed by atoms with van der Waals surface area (Å²) in [7, 11) is 0. The third kappa shape index (κ3) is 3.91. The lowest BCUT2D eigenvalue weighted by Crippen LogP contribution is -2.13. The van der Waals surface area contributed by atoms with Crippen LogP contribution in [0.1, 0.15) is 15.9 Å². The van der Waals surface area contributed by atoms with Gasteiger partial charge >= 0.3 is 6.18 Å². The molecular weight excluding hydrogens is 414 g/mol. The third-order valence-electron chi connectivity index (χ3n) is 2.44. The summed E-state index contributed by atoms with van der Waals surface area (Å²) < 4.78 is 38.8. The molecule has 2 aromatic rings. The molecule has 21 heavy (non-hydrogen) atoms. The highest BCUT2D eigenvalue weighted by Gasteiger charge is 2.31. The van der Waals surface area contributed by atoms with Crippen molar-refractivity contribution in [3.8, 4) is 0 Å². The van der Waals surface area contributed by atoms with Crippen LogP contribution < -0.4 is 5.32 Å². The fourth-order valence-electron chi connectivity index (χ4n) is 1.48. The van der Waals surface area contributed by atoms with Crippen LogP contribution in [0.2, 0.25) is 8.67 Å². The Kier molecular flexibility index (Phi) is 4.87. The minimum absolute atomic E-state index is 0.00628. The number of hydrogen-bond donors (Lipinski definition) is 1. The van der Waals surface area contributed by atoms with Gasteiger partial charge in [-0.25, -0.2) is 0 Å². The SMILES string of the molecule is O=C(Nc1cc(C(F)(F)F)ccc1Br)c1cc(Cl)sc1Cl. The molecule has 1 amide bonds. The van der Waals surface area contributed by atoms with E-state index in [1.165, 1.54) is 12.1 Å². The van der Waals surface area contributed by atoms with Crippen LogP contribution in [-0.2, 0) is 6.18 Å². The van der Waals surface area contributed by atoms with Gasteiger partial charge in [-0.2, -0.15) is 13.2 Å². The first-order valence-electron chi connectivity index (χ1n) is 5.31. The number of halogens is 6. The first-order chi connectivity index (χ1) is 9.68. The molecule has 9 heteroatoms. The normalized spacial score (nSPS) is 11.5. The summed E-state index contributed by atoms with van der Waals surface area (Å²) in [6, 6.07) is 4.31. The molecule has 2 rings (SSSR count). The standard InChI is InChI=1S/C12H5BrCl2F3NOS/c13-7-2-1-5(12(16,17)18)3-8(7)19-11(20)6-4-9(14)21-10(6)15/h1-4H,(H,19,20). The molecule has 0 saturated heterocycles. The summed E-state index contributed by atoms with van der Waals surface area (Å²) in [6.45, 7) is 0. The lowest BCUT2D eigenvalue weighted by molar-refractivity contribution is -0.137. The van der Waals surface area contributed by atoms with Gasteiger partial charge in [0, 0.05) is 4.47 Å². The van der Waals surface area contributed by atoms with Crippen molar-refractivity contribution in [1.82, 2.24) is 0 Å². The summed E-state index contributed by atoms with van der Waals surface area (Å²) in [5.74, 6) is -0.636. The van der Waals surface area contributed by atoms with Crippen molar-refractivity contribution in [2.75, 3.05) is 5.32 Å². The largest absolute Gasteiger partial charge is 0.416 e. The molecule has 0 fully saturated rings. The Morgan fingerprint density at radius 1 is 1.24 bits per heavy atom. The number of thiophene rings is 1. The zero-order valence-electron chi connectivity index (χ0n) is 9.89. The summed E-state index contributed by atoms with van der Waals surface area (Å²) in [4.78, 5) is 12.0. The van der Waals surface area contributed by atoms with Gasteiger partial charge < -0.3 is 5.32 Å². The average molecular weight is 419 g/mol. The van der Waals surface area contributed by atoms with Gasteiger partial charge in [0.05, 0.1) is 21.2 Å². The highest BCUT2D eigenvalue weighted by molar-refractivity contribution is 9.10. The van der Waals surface area contributed by atoms with E-state index >= 15 is 0 Å². The average Bonchev–Trinajstić information content (AvgIpc) is 2.70. The van der Waals surface area contributed by atoms with Crippen LogP contribution in [0.3, 0.4) is 0 Å². The van der Waals surface area contributed by atoms with Crippen molar-refractivity contribution in [3.63, 3.8) is 0 Å². The zero-order chi connectivity index (χ0) is 15.8. The van der Waals surface area contributed by atoms with Crippen molar-refractivity contribution in [2.24, 2.45) is 0 Å². The molecule has 1 heterocycles. The van der Waals surface area contributed by atoms with Crippen LogP contribution in [0.4, 0.5) is 18.9 Å². The fraction of sp³-hybridized carbons (Fsp3) is 0.0833. The second-order valence-corrected chi connectivity index (χ2v) is 7.02. The molecule has 1 aromatic carbocycles. The maximum absolute atomic E-state index is 12.7. The number of carbonyl (C=O) groups excluding carboxylic acids is 1. The van der Waals surface area contributed by atoms with Crippen molar-refractivity contribution in [3.05, 3.63) is 48.5 Å². The Morgan fingerprint density at radius 3 is 2.43 bits per heavy atom. The number of carbonyl (C=O) groups is 1. The van der Waals surface area contributed by atoms with Crippen LogP contribution in [0.5, 0.6) is 0 Å². The van der Waals surface area contributed by atoms with E-state index in [2.05, 4.69) is 21.2 Å². The van der Waals surface area contributed by atoms with E-state index in [9.17, 15) is 18.0 Å². The third-order valence-corrected chi connectivity index (χ3v) is 4.62. The van der Waals surface area contributed by atoms with Crippen molar-refractivity contribution >= 4 is 62.1 Å². The fourth-order valence-corrected chi connectivity index (χ4v) is 3.29. The number of hydrogen-bond acceptors (Lipinski definition) is 2. The van der Waals surface area contributed by atoms with Gasteiger partial charge in [0.15, 0.2) is 0 Å². The molecule has 0 aliphatic carbocycles. The Labute approximate surface area is 140 Å². The number of rotatable bonds is 2. The molecule has 1 aromatic heterocycles. The molecule has 0 unspecified atom stereocenters. The second kappa shape index (κ2) is 6.16. The molecule has 0 aliphatic rings. The maximum atomic E-state index is 12.7. The van der Waals surface area contributed by atoms with Gasteiger partial charge in [-0.1, -0.05) is 23.2 Å². The van der Waals surface area contributed by atoms with E-state index in [4.69, 9.17) is 23.2 Å². The first-order valence-corrected chi connectivity index (χ1v) is 7.68. The Hall–Kier alpha value is -0.760. The van der Waals surface area contributed by atoms with E-state index in [-0.39, 0.29) is 15.6 Å². The number of benzene rings is 1. The minimum Gasteiger partial charge on any atom is -0.321 e. The van der Waals surface area contributed by atoms with E-state index in [0.29, 0.717) is 8.81 Å². The lowest BCUT2D eigenvalue weighted by Gasteiger charge is -2.11. The second-order valence-electron chi connectivity index (χ2n) is 3.88. The van der Waals surface area contributed by atoms with Crippen LogP contribution in [0.25, 0.3) is 0 Å². The van der Waals surface area contributed by atoms with Crippen LogP contribution in [-0.4, -0.2) is 5.91 Å². The highest BCUT2D eigenvalue weighted by Crippen LogP contribution is 2.35. The molecule has 1 N–H and O–H groups in total. The van der Waals surface area contributed by atoms with Gasteiger partial charge in [-0.15, -0.1) is 11.3 Å². The number of anilines is 1. The van der Waals surface area contributed by atoms with E-state index < -0.39 is 17.6 Å². The lowest BCUT2D eigenvalue weighted by atomic mass is 10.2. The summed E-state index contributed by atoms with van der Waals surface area (Å²) >= 11 is 15.6. The molecule has 0 saturated carbocycles. The van der Waals surface area contributed by atoms with Gasteiger partial charge in [0.1, 0.15) is 4.34 Å². The Morgan fingerprint density at radius 2 is 1.90 bits per heavy atom. The monoisotopic (exact) mass is 417 g/mol. The van der Waals surface area contributed by atoms with Crippen molar-refractivity contribution in [1.29, 1.82) is 0 Å². The zero-order valence-corrected chi connectivity index (χ0v) is 13.8. The van der Waals surface area contributed by atoms with E-state index in [1.807, 2.05) is 0 Å². The van der Waals surface area contributed by atoms with Crippen LogP contribution >= 0.6 is 50.5 Å². The van der Waals surface area contributed by atoms with Gasteiger partial charge in [-0.3, -0.25) is 4.79 Å². The molecule has 0 atom stereocenters. The predicted molar refractivity (Wildman–Crippen MR) is 81.4 cm³/mol. The highest BCUT2D eigenvalue weighted by atomic mass is 79.9. The molecule has 0 radical (unpaired) electrons. The summed E-state index contributed by atoms with van der Waals surface area (Å²) in [5.41, 5.74) is -0.764. The molecule has 0 bridgehead atoms. The molecule has 112 valence electrons. The molecule has 2 nitrogen and oxygen atoms in total. The Bertz CT molecular complexity index is 702. The number of alkyl halides is 3. The van der Waals surface area contributed by atoms with Crippen LogP contribution in [0, 0.1) is 0 Å². The molecule has 0 spiro atoms. The minimum atomic E-state index is -4.50. The topological polar surface area (TPSA) is 29.1 Å². The van der Waals surface area contributed by atoms with Gasteiger partial charge in [0.2, 0.25) is 0 Å². The van der Waals surface area contributed by atoms with E-state index in [1.54, 1.807) is 0 Å². The summed E-state index contributed by atoms with van der Waals surface area (Å²) in [6.07, 6.45) is -4.50. The molecule has 0 aliphatic heterocycles. The number of nitrogens with one attached hydrogen (secondary N) is 1. The predicted octanol–water partition coefficient (Wildman–Crippen LogP) is 6.09. The van der Waals surface area contributed by atoms with Gasteiger partial charge in [-0.05, 0) is 40.2 Å². The van der Waals surface area contributed by atoms with Crippen molar-refractivity contribution < 1.29 is 18.0 Å². The smallest absolute Gasteiger partial charge is 0.321 e.